The van der Waals surface area contributed by atoms with E-state index in [1.165, 1.54) is 5.56 Å². The average Bonchev–Trinajstić information content (AvgIpc) is 3.07. The number of hydrogen-bond donors (Lipinski definition) is 1. The van der Waals surface area contributed by atoms with E-state index in [4.69, 9.17) is 4.74 Å². The number of carbonyl (C=O) groups excluding carboxylic acids is 1. The van der Waals surface area contributed by atoms with Gasteiger partial charge in [-0.05, 0) is 38.8 Å². The Morgan fingerprint density at radius 3 is 2.71 bits per heavy atom. The molecule has 136 valence electrons. The van der Waals surface area contributed by atoms with E-state index in [1.807, 2.05) is 38.6 Å². The molecule has 6 nitrogen and oxygen atoms in total. The molecule has 1 aromatic heterocycles. The predicted molar refractivity (Wildman–Crippen MR) is 107 cm³/mol. The van der Waals surface area contributed by atoms with Crippen LogP contribution in [0.5, 0.6) is 0 Å². The lowest BCUT2D eigenvalue weighted by Crippen LogP contribution is -2.40. The summed E-state index contributed by atoms with van der Waals surface area (Å²) in [5.41, 5.74) is 0.772. The zero-order valence-corrected chi connectivity index (χ0v) is 17.5. The topological polar surface area (TPSA) is 58.9 Å². The molecule has 1 aliphatic heterocycles. The van der Waals surface area contributed by atoms with Crippen molar-refractivity contribution < 1.29 is 9.53 Å². The van der Waals surface area contributed by atoms with Gasteiger partial charge in [0.2, 0.25) is 0 Å². The molecule has 1 aromatic rings. The Morgan fingerprint density at radius 2 is 2.17 bits per heavy atom. The first-order valence-corrected chi connectivity index (χ1v) is 8.08. The summed E-state index contributed by atoms with van der Waals surface area (Å²) in [6, 6.07) is 2.08. The van der Waals surface area contributed by atoms with Gasteiger partial charge < -0.3 is 19.5 Å². The largest absolute Gasteiger partial charge is 0.460 e. The van der Waals surface area contributed by atoms with Crippen molar-refractivity contribution in [2.45, 2.75) is 39.3 Å². The summed E-state index contributed by atoms with van der Waals surface area (Å²) in [4.78, 5) is 18.6. The highest BCUT2D eigenvalue weighted by atomic mass is 127. The van der Waals surface area contributed by atoms with Crippen LogP contribution in [-0.4, -0.2) is 47.1 Å². The van der Waals surface area contributed by atoms with Crippen LogP contribution in [0.15, 0.2) is 23.5 Å². The van der Waals surface area contributed by atoms with Crippen LogP contribution in [-0.2, 0) is 23.1 Å². The van der Waals surface area contributed by atoms with Gasteiger partial charge in [-0.1, -0.05) is 0 Å². The molecule has 0 spiro atoms. The standard InChI is InChI=1S/C17H28N4O2.HI/c1-17(2,3)23-15(22)14-7-9-21(12-14)16(18-4)19-10-13-6-8-20(5)11-13;/h6,8,11,14H,7,9-10,12H2,1-5H3,(H,18,19);1H. The van der Waals surface area contributed by atoms with Crippen molar-refractivity contribution in [1.82, 2.24) is 14.8 Å². The van der Waals surface area contributed by atoms with E-state index in [0.29, 0.717) is 6.54 Å². The zero-order chi connectivity index (χ0) is 17.0. The molecule has 1 atom stereocenters. The second-order valence-electron chi connectivity index (χ2n) is 7.05. The summed E-state index contributed by atoms with van der Waals surface area (Å²) in [5, 5.41) is 3.36. The maximum absolute atomic E-state index is 12.2. The maximum Gasteiger partial charge on any atom is 0.311 e. The number of esters is 1. The Kier molecular flexibility index (Phi) is 7.56. The Hall–Kier alpha value is -1.25. The number of rotatable bonds is 3. The highest BCUT2D eigenvalue weighted by Gasteiger charge is 2.33. The lowest BCUT2D eigenvalue weighted by molar-refractivity contribution is -0.159. The van der Waals surface area contributed by atoms with Crippen molar-refractivity contribution in [3.8, 4) is 0 Å². The Balaban J connectivity index is 0.00000288. The molecule has 1 aliphatic rings. The second kappa shape index (κ2) is 8.73. The zero-order valence-electron chi connectivity index (χ0n) is 15.2. The molecule has 0 aliphatic carbocycles. The molecule has 1 saturated heterocycles. The van der Waals surface area contributed by atoms with Crippen LogP contribution in [0, 0.1) is 5.92 Å². The molecular formula is C17H29IN4O2. The van der Waals surface area contributed by atoms with Gasteiger partial charge in [0.25, 0.3) is 0 Å². The average molecular weight is 448 g/mol. The third-order valence-electron chi connectivity index (χ3n) is 3.78. The number of hydrogen-bond acceptors (Lipinski definition) is 3. The van der Waals surface area contributed by atoms with Crippen LogP contribution in [0.1, 0.15) is 32.8 Å². The van der Waals surface area contributed by atoms with Gasteiger partial charge in [-0.3, -0.25) is 9.79 Å². The summed E-state index contributed by atoms with van der Waals surface area (Å²) >= 11 is 0. The van der Waals surface area contributed by atoms with E-state index >= 15 is 0 Å². The number of aliphatic imine (C=N–C) groups is 1. The minimum absolute atomic E-state index is 0. The van der Waals surface area contributed by atoms with Crippen LogP contribution in [0.25, 0.3) is 0 Å². The first kappa shape index (κ1) is 20.8. The molecule has 1 N–H and O–H groups in total. The van der Waals surface area contributed by atoms with Crippen molar-refractivity contribution in [2.75, 3.05) is 20.1 Å². The van der Waals surface area contributed by atoms with E-state index in [1.54, 1.807) is 7.05 Å². The van der Waals surface area contributed by atoms with Crippen LogP contribution < -0.4 is 5.32 Å². The maximum atomic E-state index is 12.2. The molecule has 1 fully saturated rings. The minimum atomic E-state index is -0.433. The molecule has 7 heteroatoms. The van der Waals surface area contributed by atoms with Crippen molar-refractivity contribution in [2.24, 2.45) is 18.0 Å². The molecule has 2 heterocycles. The van der Waals surface area contributed by atoms with Gasteiger partial charge in [-0.15, -0.1) is 24.0 Å². The van der Waals surface area contributed by atoms with E-state index in [0.717, 1.165) is 25.5 Å². The summed E-state index contributed by atoms with van der Waals surface area (Å²) in [5.74, 6) is 0.642. The number of halogens is 1. The van der Waals surface area contributed by atoms with Gasteiger partial charge in [-0.25, -0.2) is 0 Å². The van der Waals surface area contributed by atoms with Gasteiger partial charge in [0, 0.05) is 46.1 Å². The Bertz CT molecular complexity index is 577. The fourth-order valence-corrected chi connectivity index (χ4v) is 2.71. The number of guanidine groups is 1. The highest BCUT2D eigenvalue weighted by molar-refractivity contribution is 14.0. The van der Waals surface area contributed by atoms with Crippen molar-refractivity contribution in [1.29, 1.82) is 0 Å². The van der Waals surface area contributed by atoms with Gasteiger partial charge in [0.1, 0.15) is 5.60 Å². The van der Waals surface area contributed by atoms with E-state index in [-0.39, 0.29) is 35.9 Å². The number of aryl methyl sites for hydroxylation is 1. The third kappa shape index (κ3) is 5.99. The van der Waals surface area contributed by atoms with E-state index < -0.39 is 5.60 Å². The Labute approximate surface area is 161 Å². The summed E-state index contributed by atoms with van der Waals surface area (Å²) in [6.45, 7) is 7.90. The first-order chi connectivity index (χ1) is 10.8. The molecule has 24 heavy (non-hydrogen) atoms. The molecule has 0 aromatic carbocycles. The molecule has 2 rings (SSSR count). The lowest BCUT2D eigenvalue weighted by atomic mass is 10.1. The fraction of sp³-hybridized carbons (Fsp3) is 0.647. The smallest absolute Gasteiger partial charge is 0.311 e. The number of carbonyl (C=O) groups is 1. The number of nitrogens with zero attached hydrogens (tertiary/aromatic N) is 3. The first-order valence-electron chi connectivity index (χ1n) is 8.08. The molecule has 0 bridgehead atoms. The van der Waals surface area contributed by atoms with Crippen molar-refractivity contribution in [3.63, 3.8) is 0 Å². The summed E-state index contributed by atoms with van der Waals surface area (Å²) in [7, 11) is 3.78. The second-order valence-corrected chi connectivity index (χ2v) is 7.05. The minimum Gasteiger partial charge on any atom is -0.460 e. The van der Waals surface area contributed by atoms with Crippen molar-refractivity contribution in [3.05, 3.63) is 24.0 Å². The number of ether oxygens (including phenoxy) is 1. The van der Waals surface area contributed by atoms with Crippen molar-refractivity contribution >= 4 is 35.9 Å². The predicted octanol–water partition coefficient (Wildman–Crippen LogP) is 2.38. The number of aromatic nitrogens is 1. The van der Waals surface area contributed by atoms with Crippen LogP contribution in [0.2, 0.25) is 0 Å². The van der Waals surface area contributed by atoms with Crippen LogP contribution in [0.3, 0.4) is 0 Å². The molecule has 0 radical (unpaired) electrons. The van der Waals surface area contributed by atoms with Gasteiger partial charge in [-0.2, -0.15) is 0 Å². The molecule has 1 unspecified atom stereocenters. The lowest BCUT2D eigenvalue weighted by Gasteiger charge is -2.23. The quantitative estimate of drug-likeness (QED) is 0.334. The van der Waals surface area contributed by atoms with Gasteiger partial charge in [0.15, 0.2) is 5.96 Å². The SMILES string of the molecule is CN=C(NCc1ccn(C)c1)N1CCC(C(=O)OC(C)(C)C)C1.I. The molecular weight excluding hydrogens is 419 g/mol. The summed E-state index contributed by atoms with van der Waals surface area (Å²) in [6.07, 6.45) is 4.91. The van der Waals surface area contributed by atoms with E-state index in [9.17, 15) is 4.79 Å². The number of likely N-dealkylation sites (tertiary alicyclic amines) is 1. The third-order valence-corrected chi connectivity index (χ3v) is 3.78. The normalized spacial score (nSPS) is 18.3. The Morgan fingerprint density at radius 1 is 1.46 bits per heavy atom. The monoisotopic (exact) mass is 448 g/mol. The van der Waals surface area contributed by atoms with E-state index in [2.05, 4.69) is 27.5 Å². The van der Waals surface area contributed by atoms with Crippen LogP contribution in [0.4, 0.5) is 0 Å². The summed E-state index contributed by atoms with van der Waals surface area (Å²) < 4.78 is 7.51. The highest BCUT2D eigenvalue weighted by Crippen LogP contribution is 2.20. The van der Waals surface area contributed by atoms with Crippen LogP contribution >= 0.6 is 24.0 Å². The number of nitrogens with one attached hydrogen (secondary N) is 1. The molecule has 0 amide bonds. The fourth-order valence-electron chi connectivity index (χ4n) is 2.71. The van der Waals surface area contributed by atoms with Gasteiger partial charge >= 0.3 is 5.97 Å². The molecule has 0 saturated carbocycles. The van der Waals surface area contributed by atoms with Gasteiger partial charge in [0.05, 0.1) is 5.92 Å².